The third-order valence-electron chi connectivity index (χ3n) is 5.35. The molecule has 2 N–H and O–H groups in total. The van der Waals surface area contributed by atoms with Gasteiger partial charge in [0.15, 0.2) is 0 Å². The minimum Gasteiger partial charge on any atom is -0.348 e. The lowest BCUT2D eigenvalue weighted by Gasteiger charge is -2.32. The molecule has 1 aliphatic heterocycles. The number of aromatic nitrogens is 1. The van der Waals surface area contributed by atoms with Crippen molar-refractivity contribution in [2.24, 2.45) is 5.92 Å². The van der Waals surface area contributed by atoms with Crippen molar-refractivity contribution in [1.29, 1.82) is 0 Å². The summed E-state index contributed by atoms with van der Waals surface area (Å²) in [6.07, 6.45) is 4.79. The summed E-state index contributed by atoms with van der Waals surface area (Å²) in [5.74, 6) is -1.06. The molecule has 1 aromatic carbocycles. The molecule has 0 aliphatic carbocycles. The predicted octanol–water partition coefficient (Wildman–Crippen LogP) is 2.31. The van der Waals surface area contributed by atoms with E-state index in [-0.39, 0.29) is 11.8 Å². The van der Waals surface area contributed by atoms with Gasteiger partial charge in [0.2, 0.25) is 0 Å². The quantitative estimate of drug-likeness (QED) is 0.779. The van der Waals surface area contributed by atoms with E-state index in [0.717, 1.165) is 24.0 Å². The van der Waals surface area contributed by atoms with Gasteiger partial charge in [-0.3, -0.25) is 19.4 Å². The van der Waals surface area contributed by atoms with E-state index in [4.69, 9.17) is 0 Å². The van der Waals surface area contributed by atoms with Crippen LogP contribution in [0.25, 0.3) is 0 Å². The van der Waals surface area contributed by atoms with Crippen LogP contribution in [0.2, 0.25) is 0 Å². The second-order valence-corrected chi connectivity index (χ2v) is 7.43. The van der Waals surface area contributed by atoms with Crippen LogP contribution in [-0.4, -0.2) is 47.2 Å². The van der Waals surface area contributed by atoms with Gasteiger partial charge < -0.3 is 15.5 Å². The van der Waals surface area contributed by atoms with Gasteiger partial charge in [-0.05, 0) is 68.0 Å². The minimum atomic E-state index is -0.668. The van der Waals surface area contributed by atoms with Crippen LogP contribution in [0, 0.1) is 19.8 Å². The van der Waals surface area contributed by atoms with Crippen molar-refractivity contribution >= 4 is 23.4 Å². The molecule has 29 heavy (non-hydrogen) atoms. The summed E-state index contributed by atoms with van der Waals surface area (Å²) in [4.78, 5) is 42.4. The van der Waals surface area contributed by atoms with Crippen molar-refractivity contribution in [3.8, 4) is 0 Å². The molecule has 2 heterocycles. The van der Waals surface area contributed by atoms with Crippen LogP contribution in [0.1, 0.15) is 34.3 Å². The number of aryl methyl sites for hydroxylation is 2. The third kappa shape index (κ3) is 5.40. The monoisotopic (exact) mass is 394 g/mol. The zero-order valence-electron chi connectivity index (χ0n) is 16.8. The third-order valence-corrected chi connectivity index (χ3v) is 5.35. The van der Waals surface area contributed by atoms with Gasteiger partial charge >= 0.3 is 11.8 Å². The van der Waals surface area contributed by atoms with Gasteiger partial charge in [-0.2, -0.15) is 0 Å². The molecule has 0 radical (unpaired) electrons. The number of hydrogen-bond acceptors (Lipinski definition) is 4. The van der Waals surface area contributed by atoms with E-state index in [0.29, 0.717) is 30.9 Å². The lowest BCUT2D eigenvalue weighted by Crippen LogP contribution is -2.43. The van der Waals surface area contributed by atoms with Gasteiger partial charge in [0.25, 0.3) is 5.91 Å². The summed E-state index contributed by atoms with van der Waals surface area (Å²) in [7, 11) is 0. The largest absolute Gasteiger partial charge is 0.348 e. The van der Waals surface area contributed by atoms with Crippen molar-refractivity contribution in [2.45, 2.75) is 26.7 Å². The van der Waals surface area contributed by atoms with Crippen LogP contribution in [0.15, 0.2) is 42.7 Å². The molecule has 1 aromatic heterocycles. The summed E-state index contributed by atoms with van der Waals surface area (Å²) in [5.41, 5.74) is 3.42. The first-order valence-electron chi connectivity index (χ1n) is 9.80. The van der Waals surface area contributed by atoms with Crippen LogP contribution in [0.5, 0.6) is 0 Å². The number of anilines is 1. The highest BCUT2D eigenvalue weighted by Crippen LogP contribution is 2.18. The number of pyridine rings is 1. The van der Waals surface area contributed by atoms with Crippen LogP contribution >= 0.6 is 0 Å². The highest BCUT2D eigenvalue weighted by molar-refractivity contribution is 6.39. The molecule has 3 amide bonds. The molecule has 0 saturated carbocycles. The van der Waals surface area contributed by atoms with Crippen molar-refractivity contribution in [3.05, 3.63) is 59.4 Å². The fourth-order valence-corrected chi connectivity index (χ4v) is 3.34. The summed E-state index contributed by atoms with van der Waals surface area (Å²) in [5, 5.41) is 5.34. The highest BCUT2D eigenvalue weighted by atomic mass is 16.2. The molecule has 0 spiro atoms. The number of carbonyl (C=O) groups excluding carboxylic acids is 3. The molecule has 1 saturated heterocycles. The van der Waals surface area contributed by atoms with Gasteiger partial charge in [-0.1, -0.05) is 6.07 Å². The van der Waals surface area contributed by atoms with E-state index in [9.17, 15) is 14.4 Å². The number of piperidine rings is 1. The van der Waals surface area contributed by atoms with Gasteiger partial charge in [-0.15, -0.1) is 0 Å². The average molecular weight is 394 g/mol. The smallest absolute Gasteiger partial charge is 0.313 e. The topological polar surface area (TPSA) is 91.4 Å². The molecule has 7 heteroatoms. The molecule has 7 nitrogen and oxygen atoms in total. The standard InChI is InChI=1S/C22H26N4O3/c1-15-3-4-19(13-16(15)2)25-21(28)20(27)24-14-17-7-11-26(12-8-17)22(29)18-5-9-23-10-6-18/h3-6,9-10,13,17H,7-8,11-12,14H2,1-2H3,(H,24,27)(H,25,28). The maximum atomic E-state index is 12.5. The van der Waals surface area contributed by atoms with E-state index < -0.39 is 11.8 Å². The number of amides is 3. The Kier molecular flexibility index (Phi) is 6.59. The van der Waals surface area contributed by atoms with Gasteiger partial charge in [-0.25, -0.2) is 0 Å². The van der Waals surface area contributed by atoms with Gasteiger partial charge in [0.05, 0.1) is 0 Å². The zero-order chi connectivity index (χ0) is 20.8. The molecule has 3 rings (SSSR count). The molecule has 2 aromatic rings. The second-order valence-electron chi connectivity index (χ2n) is 7.43. The summed E-state index contributed by atoms with van der Waals surface area (Å²) >= 11 is 0. The molecule has 1 aliphatic rings. The summed E-state index contributed by atoms with van der Waals surface area (Å²) in [6.45, 7) is 5.64. The number of carbonyl (C=O) groups is 3. The number of nitrogens with one attached hydrogen (secondary N) is 2. The average Bonchev–Trinajstić information content (AvgIpc) is 2.75. The fraction of sp³-hybridized carbons (Fsp3) is 0.364. The minimum absolute atomic E-state index is 0.00246. The van der Waals surface area contributed by atoms with Crippen LogP contribution in [0.4, 0.5) is 5.69 Å². The van der Waals surface area contributed by atoms with Crippen molar-refractivity contribution in [1.82, 2.24) is 15.2 Å². The van der Waals surface area contributed by atoms with Gasteiger partial charge in [0, 0.05) is 43.3 Å². The number of rotatable bonds is 4. The maximum absolute atomic E-state index is 12.5. The molecule has 152 valence electrons. The van der Waals surface area contributed by atoms with Gasteiger partial charge in [0.1, 0.15) is 0 Å². The van der Waals surface area contributed by atoms with Crippen molar-refractivity contribution < 1.29 is 14.4 Å². The van der Waals surface area contributed by atoms with E-state index in [1.54, 1.807) is 30.6 Å². The summed E-state index contributed by atoms with van der Waals surface area (Å²) in [6, 6.07) is 8.95. The number of benzene rings is 1. The normalized spacial score (nSPS) is 14.3. The number of likely N-dealkylation sites (tertiary alicyclic amines) is 1. The van der Waals surface area contributed by atoms with Crippen LogP contribution < -0.4 is 10.6 Å². The van der Waals surface area contributed by atoms with Crippen molar-refractivity contribution in [3.63, 3.8) is 0 Å². The molecular formula is C22H26N4O3. The molecule has 0 atom stereocenters. The summed E-state index contributed by atoms with van der Waals surface area (Å²) < 4.78 is 0. The fourth-order valence-electron chi connectivity index (χ4n) is 3.34. The van der Waals surface area contributed by atoms with Crippen LogP contribution in [-0.2, 0) is 9.59 Å². The van der Waals surface area contributed by atoms with E-state index in [2.05, 4.69) is 15.6 Å². The molecule has 0 unspecified atom stereocenters. The Morgan fingerprint density at radius 3 is 2.34 bits per heavy atom. The molecular weight excluding hydrogens is 368 g/mol. The first-order valence-corrected chi connectivity index (χ1v) is 9.80. The first kappa shape index (κ1) is 20.5. The Morgan fingerprint density at radius 1 is 1.00 bits per heavy atom. The predicted molar refractivity (Wildman–Crippen MR) is 110 cm³/mol. The molecule has 0 bridgehead atoms. The Morgan fingerprint density at radius 2 is 1.69 bits per heavy atom. The van der Waals surface area contributed by atoms with E-state index >= 15 is 0 Å². The Bertz CT molecular complexity index is 890. The first-order chi connectivity index (χ1) is 13.9. The Hall–Kier alpha value is -3.22. The zero-order valence-corrected chi connectivity index (χ0v) is 16.8. The second kappa shape index (κ2) is 9.32. The lowest BCUT2D eigenvalue weighted by atomic mass is 9.96. The lowest BCUT2D eigenvalue weighted by molar-refractivity contribution is -0.136. The van der Waals surface area contributed by atoms with Crippen LogP contribution in [0.3, 0.4) is 0 Å². The number of hydrogen-bond donors (Lipinski definition) is 2. The van der Waals surface area contributed by atoms with E-state index in [1.165, 1.54) is 0 Å². The van der Waals surface area contributed by atoms with E-state index in [1.807, 2.05) is 30.9 Å². The Labute approximate surface area is 170 Å². The number of nitrogens with zero attached hydrogens (tertiary/aromatic N) is 2. The highest BCUT2D eigenvalue weighted by Gasteiger charge is 2.24. The molecule has 1 fully saturated rings. The Balaban J connectivity index is 1.42. The maximum Gasteiger partial charge on any atom is 0.313 e. The SMILES string of the molecule is Cc1ccc(NC(=O)C(=O)NCC2CCN(C(=O)c3ccncc3)CC2)cc1C. The van der Waals surface area contributed by atoms with Crippen molar-refractivity contribution in [2.75, 3.05) is 25.0 Å².